The van der Waals surface area contributed by atoms with Gasteiger partial charge in [-0.1, -0.05) is 44.5 Å². The SMILES string of the molecule is CC[C@H](C)[C@@H](C(=O)OCc1csc(-c2ccccc2OC)n1)N1C(=O)c2ccccc2C1=O. The fraction of sp³-hybridized carbons (Fsp3) is 0.280. The number of carbonyl (C=O) groups is 3. The van der Waals surface area contributed by atoms with Gasteiger partial charge in [-0.05, 0) is 30.2 Å². The number of rotatable bonds is 8. The third-order valence-corrected chi connectivity index (χ3v) is 6.70. The van der Waals surface area contributed by atoms with Crippen LogP contribution in [0.1, 0.15) is 46.7 Å². The highest BCUT2D eigenvalue weighted by Gasteiger charge is 2.45. The van der Waals surface area contributed by atoms with E-state index in [4.69, 9.17) is 9.47 Å². The molecule has 0 aliphatic carbocycles. The first-order valence-electron chi connectivity index (χ1n) is 10.7. The average molecular weight is 465 g/mol. The molecule has 0 unspecified atom stereocenters. The van der Waals surface area contributed by atoms with Crippen LogP contribution in [0.5, 0.6) is 5.75 Å². The molecule has 0 fully saturated rings. The highest BCUT2D eigenvalue weighted by Crippen LogP contribution is 2.32. The minimum absolute atomic E-state index is 0.0550. The van der Waals surface area contributed by atoms with Gasteiger partial charge in [0.1, 0.15) is 23.4 Å². The van der Waals surface area contributed by atoms with Crippen molar-refractivity contribution in [3.63, 3.8) is 0 Å². The standard InChI is InChI=1S/C25H24N2O5S/c1-4-15(2)21(27-23(28)17-9-5-6-10-18(17)24(27)29)25(30)32-13-16-14-33-22(26-16)19-11-7-8-12-20(19)31-3/h5-12,14-15,21H,4,13H2,1-3H3/t15-,21-/m0/s1. The first-order valence-corrected chi connectivity index (χ1v) is 11.6. The van der Waals surface area contributed by atoms with E-state index in [9.17, 15) is 14.4 Å². The molecule has 0 bridgehead atoms. The van der Waals surface area contributed by atoms with Crippen LogP contribution in [0, 0.1) is 5.92 Å². The summed E-state index contributed by atoms with van der Waals surface area (Å²) in [4.78, 5) is 44.6. The maximum atomic E-state index is 13.1. The van der Waals surface area contributed by atoms with E-state index >= 15 is 0 Å². The maximum absolute atomic E-state index is 13.1. The molecule has 3 aromatic rings. The average Bonchev–Trinajstić information content (AvgIpc) is 3.42. The number of esters is 1. The minimum atomic E-state index is -1.00. The molecule has 0 N–H and O–H groups in total. The number of aromatic nitrogens is 1. The number of carbonyl (C=O) groups excluding carboxylic acids is 3. The number of imide groups is 1. The van der Waals surface area contributed by atoms with Crippen LogP contribution in [0.2, 0.25) is 0 Å². The van der Waals surface area contributed by atoms with Gasteiger partial charge < -0.3 is 9.47 Å². The lowest BCUT2D eigenvalue weighted by molar-refractivity contribution is -0.151. The molecule has 1 aliphatic rings. The van der Waals surface area contributed by atoms with Gasteiger partial charge in [0, 0.05) is 5.38 Å². The van der Waals surface area contributed by atoms with Crippen LogP contribution >= 0.6 is 11.3 Å². The number of fused-ring (bicyclic) bond motifs is 1. The third-order valence-electron chi connectivity index (χ3n) is 5.78. The molecule has 2 aromatic carbocycles. The number of ether oxygens (including phenoxy) is 2. The fourth-order valence-electron chi connectivity index (χ4n) is 3.82. The molecule has 4 rings (SSSR count). The summed E-state index contributed by atoms with van der Waals surface area (Å²) < 4.78 is 10.9. The number of amides is 2. The van der Waals surface area contributed by atoms with Gasteiger partial charge in [-0.3, -0.25) is 14.5 Å². The largest absolute Gasteiger partial charge is 0.496 e. The van der Waals surface area contributed by atoms with Gasteiger partial charge in [0.25, 0.3) is 11.8 Å². The number of hydrogen-bond donors (Lipinski definition) is 0. The molecule has 7 nitrogen and oxygen atoms in total. The predicted molar refractivity (Wildman–Crippen MR) is 124 cm³/mol. The van der Waals surface area contributed by atoms with E-state index in [-0.39, 0.29) is 12.5 Å². The molecule has 0 radical (unpaired) electrons. The Labute approximate surface area is 196 Å². The molecule has 1 aliphatic heterocycles. The Hall–Kier alpha value is -3.52. The summed E-state index contributed by atoms with van der Waals surface area (Å²) in [6, 6.07) is 13.1. The first kappa shape index (κ1) is 22.7. The van der Waals surface area contributed by atoms with Crippen molar-refractivity contribution in [2.24, 2.45) is 5.92 Å². The van der Waals surface area contributed by atoms with Gasteiger partial charge in [-0.2, -0.15) is 0 Å². The second-order valence-electron chi connectivity index (χ2n) is 7.81. The van der Waals surface area contributed by atoms with Crippen LogP contribution in [0.25, 0.3) is 10.6 Å². The molecular formula is C25H24N2O5S. The first-order chi connectivity index (χ1) is 16.0. The van der Waals surface area contributed by atoms with E-state index in [1.807, 2.05) is 43.5 Å². The topological polar surface area (TPSA) is 85.8 Å². The molecule has 2 heterocycles. The summed E-state index contributed by atoms with van der Waals surface area (Å²) in [5.41, 5.74) is 2.06. The summed E-state index contributed by atoms with van der Waals surface area (Å²) >= 11 is 1.42. The predicted octanol–water partition coefficient (Wildman–Crippen LogP) is 4.57. The van der Waals surface area contributed by atoms with Crippen molar-refractivity contribution in [2.45, 2.75) is 32.9 Å². The van der Waals surface area contributed by atoms with Crippen LogP contribution in [0.15, 0.2) is 53.9 Å². The minimum Gasteiger partial charge on any atom is -0.496 e. The Morgan fingerprint density at radius 1 is 1.03 bits per heavy atom. The van der Waals surface area contributed by atoms with Crippen LogP contribution in [-0.2, 0) is 16.1 Å². The van der Waals surface area contributed by atoms with Crippen LogP contribution in [-0.4, -0.2) is 40.8 Å². The highest BCUT2D eigenvalue weighted by molar-refractivity contribution is 7.13. The summed E-state index contributed by atoms with van der Waals surface area (Å²) in [5, 5.41) is 2.56. The molecular weight excluding hydrogens is 440 g/mol. The lowest BCUT2D eigenvalue weighted by Gasteiger charge is -2.28. The molecule has 0 saturated carbocycles. The Morgan fingerprint density at radius 2 is 1.64 bits per heavy atom. The van der Waals surface area contributed by atoms with Gasteiger partial charge in [-0.25, -0.2) is 9.78 Å². The Bertz CT molecular complexity index is 1170. The van der Waals surface area contributed by atoms with Crippen LogP contribution in [0.3, 0.4) is 0 Å². The zero-order valence-electron chi connectivity index (χ0n) is 18.6. The number of methoxy groups -OCH3 is 1. The van der Waals surface area contributed by atoms with Crippen LogP contribution in [0.4, 0.5) is 0 Å². The van der Waals surface area contributed by atoms with Crippen molar-refractivity contribution in [2.75, 3.05) is 7.11 Å². The quantitative estimate of drug-likeness (QED) is 0.359. The van der Waals surface area contributed by atoms with Crippen molar-refractivity contribution in [3.8, 4) is 16.3 Å². The zero-order valence-corrected chi connectivity index (χ0v) is 19.4. The number of hydrogen-bond acceptors (Lipinski definition) is 7. The van der Waals surface area contributed by atoms with E-state index < -0.39 is 23.8 Å². The molecule has 0 spiro atoms. The summed E-state index contributed by atoms with van der Waals surface area (Å²) in [7, 11) is 1.60. The molecule has 2 amide bonds. The van der Waals surface area contributed by atoms with E-state index in [1.54, 1.807) is 31.4 Å². The van der Waals surface area contributed by atoms with E-state index in [0.29, 0.717) is 29.0 Å². The van der Waals surface area contributed by atoms with Gasteiger partial charge in [0.2, 0.25) is 0 Å². The zero-order chi connectivity index (χ0) is 23.5. The number of para-hydroxylation sites is 1. The normalized spacial score (nSPS) is 14.7. The Morgan fingerprint density at radius 3 is 2.24 bits per heavy atom. The Kier molecular flexibility index (Phi) is 6.55. The van der Waals surface area contributed by atoms with Crippen molar-refractivity contribution in [1.29, 1.82) is 0 Å². The lowest BCUT2D eigenvalue weighted by Crippen LogP contribution is -2.49. The number of thiazole rings is 1. The van der Waals surface area contributed by atoms with E-state index in [0.717, 1.165) is 15.5 Å². The molecule has 0 saturated heterocycles. The molecule has 170 valence electrons. The smallest absolute Gasteiger partial charge is 0.330 e. The van der Waals surface area contributed by atoms with Crippen molar-refractivity contribution < 1.29 is 23.9 Å². The second kappa shape index (κ2) is 9.54. The van der Waals surface area contributed by atoms with Crippen molar-refractivity contribution in [1.82, 2.24) is 9.88 Å². The molecule has 2 atom stereocenters. The third kappa shape index (κ3) is 4.26. The van der Waals surface area contributed by atoms with Crippen molar-refractivity contribution >= 4 is 29.1 Å². The summed E-state index contributed by atoms with van der Waals surface area (Å²) in [6.07, 6.45) is 0.599. The van der Waals surface area contributed by atoms with E-state index in [1.165, 1.54) is 11.3 Å². The summed E-state index contributed by atoms with van der Waals surface area (Å²) in [5.74, 6) is -1.11. The number of benzene rings is 2. The molecule has 8 heteroatoms. The maximum Gasteiger partial charge on any atom is 0.330 e. The van der Waals surface area contributed by atoms with Gasteiger partial charge >= 0.3 is 5.97 Å². The lowest BCUT2D eigenvalue weighted by atomic mass is 9.97. The monoisotopic (exact) mass is 464 g/mol. The fourth-order valence-corrected chi connectivity index (χ4v) is 4.66. The van der Waals surface area contributed by atoms with Gasteiger partial charge in [-0.15, -0.1) is 11.3 Å². The van der Waals surface area contributed by atoms with Crippen molar-refractivity contribution in [3.05, 3.63) is 70.7 Å². The van der Waals surface area contributed by atoms with Crippen LogP contribution < -0.4 is 4.74 Å². The van der Waals surface area contributed by atoms with E-state index in [2.05, 4.69) is 4.98 Å². The Balaban J connectivity index is 1.51. The summed E-state index contributed by atoms with van der Waals surface area (Å²) in [6.45, 7) is 3.68. The molecule has 1 aromatic heterocycles. The second-order valence-corrected chi connectivity index (χ2v) is 8.67. The molecule has 33 heavy (non-hydrogen) atoms. The number of nitrogens with zero attached hydrogens (tertiary/aromatic N) is 2. The van der Waals surface area contributed by atoms with Gasteiger partial charge in [0.15, 0.2) is 0 Å². The van der Waals surface area contributed by atoms with Gasteiger partial charge in [0.05, 0.1) is 29.5 Å². The highest BCUT2D eigenvalue weighted by atomic mass is 32.1.